The fourth-order valence-corrected chi connectivity index (χ4v) is 1.98. The summed E-state index contributed by atoms with van der Waals surface area (Å²) in [5, 5.41) is 9.42. The molecule has 0 spiro atoms. The highest BCUT2D eigenvalue weighted by Crippen LogP contribution is 2.19. The van der Waals surface area contributed by atoms with E-state index >= 15 is 0 Å². The lowest BCUT2D eigenvalue weighted by atomic mass is 9.93. The van der Waals surface area contributed by atoms with Crippen molar-refractivity contribution in [3.8, 4) is 0 Å². The van der Waals surface area contributed by atoms with Crippen LogP contribution in [0.5, 0.6) is 0 Å². The van der Waals surface area contributed by atoms with Gasteiger partial charge in [-0.15, -0.1) is 0 Å². The predicted molar refractivity (Wildman–Crippen MR) is 44.9 cm³/mol. The fraction of sp³-hybridized carbons (Fsp3) is 1.00. The molecule has 0 heterocycles. The summed E-state index contributed by atoms with van der Waals surface area (Å²) in [7, 11) is 0. The molecule has 0 aromatic heterocycles. The molecule has 1 saturated carbocycles. The van der Waals surface area contributed by atoms with Crippen LogP contribution in [0, 0.1) is 0 Å². The van der Waals surface area contributed by atoms with E-state index in [1.807, 2.05) is 6.26 Å². The molecule has 2 N–H and O–H groups in total. The number of aliphatic hydroxyl groups excluding tert-OH is 1. The molecule has 60 valence electrons. The van der Waals surface area contributed by atoms with Crippen LogP contribution in [0.25, 0.3) is 0 Å². The summed E-state index contributed by atoms with van der Waals surface area (Å²) in [5.74, 6) is 0. The quantitative estimate of drug-likeness (QED) is 0.596. The molecule has 1 fully saturated rings. The summed E-state index contributed by atoms with van der Waals surface area (Å²) in [4.78, 5) is 0. The average molecular weight is 161 g/mol. The van der Waals surface area contributed by atoms with Crippen molar-refractivity contribution in [2.24, 2.45) is 0 Å². The second-order valence-corrected chi connectivity index (χ2v) is 3.42. The Morgan fingerprint density at radius 3 is 2.70 bits per heavy atom. The minimum Gasteiger partial charge on any atom is -0.391 e. The molecule has 0 aromatic carbocycles. The molecule has 0 unspecified atom stereocenters. The molecule has 0 amide bonds. The van der Waals surface area contributed by atoms with Crippen LogP contribution < -0.4 is 4.72 Å². The second kappa shape index (κ2) is 4.21. The van der Waals surface area contributed by atoms with Crippen LogP contribution in [0.4, 0.5) is 0 Å². The van der Waals surface area contributed by atoms with Crippen molar-refractivity contribution < 1.29 is 5.11 Å². The number of hydrogen-bond donors (Lipinski definition) is 2. The van der Waals surface area contributed by atoms with Gasteiger partial charge >= 0.3 is 0 Å². The zero-order valence-electron chi connectivity index (χ0n) is 6.34. The van der Waals surface area contributed by atoms with Crippen LogP contribution in [-0.4, -0.2) is 23.5 Å². The van der Waals surface area contributed by atoms with Crippen molar-refractivity contribution in [2.45, 2.75) is 37.8 Å². The van der Waals surface area contributed by atoms with Crippen molar-refractivity contribution in [3.63, 3.8) is 0 Å². The molecule has 3 heteroatoms. The van der Waals surface area contributed by atoms with E-state index in [0.717, 1.165) is 12.8 Å². The van der Waals surface area contributed by atoms with Crippen molar-refractivity contribution in [1.29, 1.82) is 0 Å². The third-order valence-corrected chi connectivity index (χ3v) is 2.54. The molecule has 2 nitrogen and oxygen atoms in total. The topological polar surface area (TPSA) is 32.3 Å². The van der Waals surface area contributed by atoms with E-state index in [-0.39, 0.29) is 6.10 Å². The Kier molecular flexibility index (Phi) is 3.52. The van der Waals surface area contributed by atoms with E-state index in [1.165, 1.54) is 12.8 Å². The van der Waals surface area contributed by atoms with E-state index in [2.05, 4.69) is 4.72 Å². The van der Waals surface area contributed by atoms with Gasteiger partial charge in [-0.2, -0.15) is 0 Å². The maximum absolute atomic E-state index is 9.42. The maximum atomic E-state index is 9.42. The predicted octanol–water partition coefficient (Wildman–Crippen LogP) is 1.16. The standard InChI is InChI=1S/C7H15NOS/c1-10-8-6-4-2-3-5-7(6)9/h6-9H,2-5H2,1H3/t6-,7-/m0/s1. The van der Waals surface area contributed by atoms with E-state index in [0.29, 0.717) is 6.04 Å². The largest absolute Gasteiger partial charge is 0.391 e. The number of aliphatic hydroxyl groups is 1. The van der Waals surface area contributed by atoms with Gasteiger partial charge in [-0.3, -0.25) is 4.72 Å². The number of hydrogen-bond acceptors (Lipinski definition) is 3. The minimum atomic E-state index is -0.110. The fourth-order valence-electron chi connectivity index (χ4n) is 1.40. The highest BCUT2D eigenvalue weighted by molar-refractivity contribution is 7.96. The lowest BCUT2D eigenvalue weighted by molar-refractivity contribution is 0.103. The summed E-state index contributed by atoms with van der Waals surface area (Å²) >= 11 is 1.60. The lowest BCUT2D eigenvalue weighted by Gasteiger charge is -2.27. The molecule has 10 heavy (non-hydrogen) atoms. The second-order valence-electron chi connectivity index (χ2n) is 2.78. The van der Waals surface area contributed by atoms with Crippen LogP contribution in [0.1, 0.15) is 25.7 Å². The summed E-state index contributed by atoms with van der Waals surface area (Å²) in [6.45, 7) is 0. The van der Waals surface area contributed by atoms with Gasteiger partial charge in [-0.05, 0) is 19.1 Å². The molecule has 1 aliphatic rings. The molecule has 0 bridgehead atoms. The van der Waals surface area contributed by atoms with Crippen LogP contribution in [0.2, 0.25) is 0 Å². The van der Waals surface area contributed by atoms with Gasteiger partial charge in [0.15, 0.2) is 0 Å². The van der Waals surface area contributed by atoms with Gasteiger partial charge in [0.2, 0.25) is 0 Å². The molecule has 0 aliphatic heterocycles. The van der Waals surface area contributed by atoms with E-state index in [4.69, 9.17) is 0 Å². The smallest absolute Gasteiger partial charge is 0.0702 e. The van der Waals surface area contributed by atoms with Crippen molar-refractivity contribution in [1.82, 2.24) is 4.72 Å². The molecule has 0 aromatic rings. The molecule has 0 radical (unpaired) electrons. The van der Waals surface area contributed by atoms with Crippen LogP contribution in [-0.2, 0) is 0 Å². The first-order chi connectivity index (χ1) is 4.84. The summed E-state index contributed by atoms with van der Waals surface area (Å²) in [6, 6.07) is 0.337. The molecular weight excluding hydrogens is 146 g/mol. The van der Waals surface area contributed by atoms with E-state index < -0.39 is 0 Å². The summed E-state index contributed by atoms with van der Waals surface area (Å²) < 4.78 is 3.20. The van der Waals surface area contributed by atoms with E-state index in [9.17, 15) is 5.11 Å². The third-order valence-electron chi connectivity index (χ3n) is 2.00. The normalized spacial score (nSPS) is 34.2. The van der Waals surface area contributed by atoms with Gasteiger partial charge in [0.1, 0.15) is 0 Å². The Bertz CT molecular complexity index is 97.6. The van der Waals surface area contributed by atoms with Gasteiger partial charge in [-0.1, -0.05) is 24.8 Å². The van der Waals surface area contributed by atoms with Gasteiger partial charge in [0.25, 0.3) is 0 Å². The zero-order chi connectivity index (χ0) is 7.40. The highest BCUT2D eigenvalue weighted by Gasteiger charge is 2.21. The van der Waals surface area contributed by atoms with Crippen molar-refractivity contribution >= 4 is 11.9 Å². The first-order valence-electron chi connectivity index (χ1n) is 3.81. The summed E-state index contributed by atoms with van der Waals surface area (Å²) in [5.41, 5.74) is 0. The number of nitrogens with one attached hydrogen (secondary N) is 1. The van der Waals surface area contributed by atoms with Crippen LogP contribution in [0.15, 0.2) is 0 Å². The van der Waals surface area contributed by atoms with Gasteiger partial charge in [-0.25, -0.2) is 0 Å². The minimum absolute atomic E-state index is 0.110. The Morgan fingerprint density at radius 1 is 1.40 bits per heavy atom. The van der Waals surface area contributed by atoms with Crippen molar-refractivity contribution in [2.75, 3.05) is 6.26 Å². The Balaban J connectivity index is 2.25. The highest BCUT2D eigenvalue weighted by atomic mass is 32.2. The first-order valence-corrected chi connectivity index (χ1v) is 5.03. The van der Waals surface area contributed by atoms with Gasteiger partial charge < -0.3 is 5.11 Å². The maximum Gasteiger partial charge on any atom is 0.0702 e. The van der Waals surface area contributed by atoms with Crippen molar-refractivity contribution in [3.05, 3.63) is 0 Å². The Morgan fingerprint density at radius 2 is 2.10 bits per heavy atom. The van der Waals surface area contributed by atoms with Crippen LogP contribution in [0.3, 0.4) is 0 Å². The third kappa shape index (κ3) is 2.15. The van der Waals surface area contributed by atoms with E-state index in [1.54, 1.807) is 11.9 Å². The average Bonchev–Trinajstić information content (AvgIpc) is 1.94. The molecule has 1 aliphatic carbocycles. The monoisotopic (exact) mass is 161 g/mol. The SMILES string of the molecule is CSN[C@H]1CCCC[C@@H]1O. The Hall–Kier alpha value is 0.270. The Labute approximate surface area is 66.5 Å². The first kappa shape index (κ1) is 8.37. The molecular formula is C7H15NOS. The van der Waals surface area contributed by atoms with Gasteiger partial charge in [0, 0.05) is 6.04 Å². The van der Waals surface area contributed by atoms with Crippen LogP contribution >= 0.6 is 11.9 Å². The zero-order valence-corrected chi connectivity index (χ0v) is 7.16. The molecule has 2 atom stereocenters. The molecule has 0 saturated heterocycles. The number of rotatable bonds is 2. The van der Waals surface area contributed by atoms with Gasteiger partial charge in [0.05, 0.1) is 6.10 Å². The lowest BCUT2D eigenvalue weighted by Crippen LogP contribution is -2.38. The molecule has 1 rings (SSSR count). The summed E-state index contributed by atoms with van der Waals surface area (Å²) in [6.07, 6.45) is 6.44.